The second-order valence-electron chi connectivity index (χ2n) is 9.87. The van der Waals surface area contributed by atoms with Crippen molar-refractivity contribution >= 4 is 17.0 Å². The summed E-state index contributed by atoms with van der Waals surface area (Å²) >= 11 is 0. The lowest BCUT2D eigenvalue weighted by atomic mass is 10.0. The van der Waals surface area contributed by atoms with Gasteiger partial charge in [0.05, 0.1) is 11.1 Å². The summed E-state index contributed by atoms with van der Waals surface area (Å²) in [6.07, 6.45) is 3.86. The highest BCUT2D eigenvalue weighted by atomic mass is 16.5. The number of phenols is 1. The van der Waals surface area contributed by atoms with Crippen molar-refractivity contribution in [2.24, 2.45) is 0 Å². The van der Waals surface area contributed by atoms with E-state index in [1.807, 2.05) is 47.0 Å². The van der Waals surface area contributed by atoms with Crippen LogP contribution in [0.15, 0.2) is 67.0 Å². The Morgan fingerprint density at radius 3 is 2.71 bits per heavy atom. The number of aromatic nitrogens is 5. The van der Waals surface area contributed by atoms with Crippen molar-refractivity contribution in [3.05, 3.63) is 78.1 Å². The molecule has 4 heterocycles. The van der Waals surface area contributed by atoms with E-state index in [1.54, 1.807) is 18.3 Å². The van der Waals surface area contributed by atoms with Crippen LogP contribution in [-0.4, -0.2) is 42.8 Å². The van der Waals surface area contributed by atoms with Gasteiger partial charge in [-0.3, -0.25) is 9.55 Å². The molecule has 0 unspecified atom stereocenters. The molecule has 0 aliphatic carbocycles. The zero-order valence-corrected chi connectivity index (χ0v) is 21.0. The molecule has 0 fully saturated rings. The summed E-state index contributed by atoms with van der Waals surface area (Å²) < 4.78 is 7.85. The van der Waals surface area contributed by atoms with E-state index < -0.39 is 0 Å². The molecule has 1 aliphatic rings. The molecule has 6 rings (SSSR count). The Morgan fingerprint density at radius 2 is 1.89 bits per heavy atom. The van der Waals surface area contributed by atoms with Crippen molar-refractivity contribution < 1.29 is 9.84 Å². The topological polar surface area (TPSA) is 122 Å². The smallest absolute Gasteiger partial charge is 0.299 e. The number of imidazole rings is 1. The first kappa shape index (κ1) is 23.4. The molecule has 2 N–H and O–H groups in total. The van der Waals surface area contributed by atoms with Crippen LogP contribution < -0.4 is 10.1 Å². The summed E-state index contributed by atoms with van der Waals surface area (Å²) in [7, 11) is 0. The van der Waals surface area contributed by atoms with Crippen LogP contribution in [0.25, 0.3) is 33.7 Å². The number of nitriles is 1. The fraction of sp³-hybridized carbons (Fsp3) is 0.207. The van der Waals surface area contributed by atoms with E-state index in [0.29, 0.717) is 59.5 Å². The van der Waals surface area contributed by atoms with Crippen LogP contribution in [0, 0.1) is 11.3 Å². The number of nitrogens with zero attached hydrogens (tertiary/aromatic N) is 6. The molecule has 0 atom stereocenters. The summed E-state index contributed by atoms with van der Waals surface area (Å²) in [4.78, 5) is 18.5. The van der Waals surface area contributed by atoms with Gasteiger partial charge in [-0.25, -0.2) is 9.97 Å². The lowest BCUT2D eigenvalue weighted by Gasteiger charge is -2.18. The fourth-order valence-corrected chi connectivity index (χ4v) is 4.67. The molecule has 9 heteroatoms. The third-order valence-electron chi connectivity index (χ3n) is 6.61. The Kier molecular flexibility index (Phi) is 5.65. The molecule has 0 bridgehead atoms. The maximum atomic E-state index is 10.4. The van der Waals surface area contributed by atoms with Crippen LogP contribution in [0.5, 0.6) is 11.8 Å². The molecular formula is C29H25N7O2. The third-order valence-corrected chi connectivity index (χ3v) is 6.61. The summed E-state index contributed by atoms with van der Waals surface area (Å²) in [6.45, 7) is 5.23. The molecule has 9 nitrogen and oxygen atoms in total. The predicted octanol–water partition coefficient (Wildman–Crippen LogP) is 4.91. The van der Waals surface area contributed by atoms with E-state index in [2.05, 4.69) is 30.2 Å². The van der Waals surface area contributed by atoms with Gasteiger partial charge in [-0.15, -0.1) is 0 Å². The SMILES string of the molecule is CC1(C)COc2nc3c(NCCc4ccc(O)c(-c5ccccc5)c4)nc(-c4cncc(C#N)c4)nc3n21. The van der Waals surface area contributed by atoms with Gasteiger partial charge in [0.2, 0.25) is 0 Å². The van der Waals surface area contributed by atoms with E-state index >= 15 is 0 Å². The standard InChI is InChI=1S/C29H25N7O2/c1-29(2)17-38-28-33-24-26(34-25(35-27(24)36(28)29)21-12-19(14-30)15-31-16-21)32-11-10-18-8-9-23(37)22(13-18)20-6-4-3-5-7-20/h3-9,12-13,15-16,37H,10-11,17H2,1-2H3,(H,32,34,35). The zero-order chi connectivity index (χ0) is 26.3. The van der Waals surface area contributed by atoms with Gasteiger partial charge in [-0.1, -0.05) is 36.4 Å². The zero-order valence-electron chi connectivity index (χ0n) is 21.0. The quantitative estimate of drug-likeness (QED) is 0.335. The Morgan fingerprint density at radius 1 is 1.05 bits per heavy atom. The van der Waals surface area contributed by atoms with Crippen LogP contribution in [0.1, 0.15) is 25.0 Å². The molecule has 0 amide bonds. The average molecular weight is 504 g/mol. The van der Waals surface area contributed by atoms with Crippen molar-refractivity contribution in [2.75, 3.05) is 18.5 Å². The molecular weight excluding hydrogens is 478 g/mol. The highest BCUT2D eigenvalue weighted by Crippen LogP contribution is 2.37. The lowest BCUT2D eigenvalue weighted by molar-refractivity contribution is 0.268. The minimum Gasteiger partial charge on any atom is -0.507 e. The molecule has 5 aromatic rings. The molecule has 0 saturated heterocycles. The number of pyridine rings is 1. The van der Waals surface area contributed by atoms with Crippen molar-refractivity contribution in [3.8, 4) is 40.3 Å². The first-order valence-electron chi connectivity index (χ1n) is 12.3. The largest absolute Gasteiger partial charge is 0.507 e. The van der Waals surface area contributed by atoms with Crippen molar-refractivity contribution in [1.29, 1.82) is 5.26 Å². The van der Waals surface area contributed by atoms with E-state index in [4.69, 9.17) is 19.7 Å². The Hall–Kier alpha value is -4.97. The summed E-state index contributed by atoms with van der Waals surface area (Å²) in [5, 5.41) is 23.2. The number of nitrogens with one attached hydrogen (secondary N) is 1. The first-order valence-corrected chi connectivity index (χ1v) is 12.3. The number of phenolic OH excluding ortho intramolecular Hbond substituents is 1. The van der Waals surface area contributed by atoms with Crippen LogP contribution >= 0.6 is 0 Å². The molecule has 1 aliphatic heterocycles. The minimum absolute atomic E-state index is 0.249. The Balaban J connectivity index is 1.34. The summed E-state index contributed by atoms with van der Waals surface area (Å²) in [6, 6.07) is 19.8. The number of anilines is 1. The Bertz CT molecular complexity index is 1700. The molecule has 0 saturated carbocycles. The van der Waals surface area contributed by atoms with Crippen molar-refractivity contribution in [1.82, 2.24) is 24.5 Å². The normalized spacial score (nSPS) is 13.6. The monoisotopic (exact) mass is 503 g/mol. The van der Waals surface area contributed by atoms with Crippen molar-refractivity contribution in [2.45, 2.75) is 25.8 Å². The van der Waals surface area contributed by atoms with Gasteiger partial charge < -0.3 is 15.2 Å². The van der Waals surface area contributed by atoms with Gasteiger partial charge in [0, 0.05) is 30.1 Å². The highest BCUT2D eigenvalue weighted by molar-refractivity contribution is 5.86. The fourth-order valence-electron chi connectivity index (χ4n) is 4.67. The van der Waals surface area contributed by atoms with Crippen molar-refractivity contribution in [3.63, 3.8) is 0 Å². The maximum Gasteiger partial charge on any atom is 0.299 e. The van der Waals surface area contributed by atoms with Crippen LogP contribution in [-0.2, 0) is 12.0 Å². The van der Waals surface area contributed by atoms with Crippen LogP contribution in [0.3, 0.4) is 0 Å². The van der Waals surface area contributed by atoms with Gasteiger partial charge in [0.25, 0.3) is 6.01 Å². The number of hydrogen-bond donors (Lipinski definition) is 2. The van der Waals surface area contributed by atoms with E-state index in [1.165, 1.54) is 6.20 Å². The molecule has 2 aromatic carbocycles. The second kappa shape index (κ2) is 9.16. The first-order chi connectivity index (χ1) is 18.4. The van der Waals surface area contributed by atoms with Gasteiger partial charge in [0.15, 0.2) is 22.8 Å². The molecule has 3 aromatic heterocycles. The number of hydrogen-bond acceptors (Lipinski definition) is 8. The number of aromatic hydroxyl groups is 1. The van der Waals surface area contributed by atoms with Gasteiger partial charge in [0.1, 0.15) is 18.4 Å². The molecule has 0 radical (unpaired) electrons. The third kappa shape index (κ3) is 4.16. The number of rotatable bonds is 6. The lowest BCUT2D eigenvalue weighted by Crippen LogP contribution is -2.25. The van der Waals surface area contributed by atoms with Gasteiger partial charge >= 0.3 is 0 Å². The molecule has 188 valence electrons. The van der Waals surface area contributed by atoms with Crippen LogP contribution in [0.2, 0.25) is 0 Å². The molecule has 0 spiro atoms. The number of benzene rings is 2. The van der Waals surface area contributed by atoms with Gasteiger partial charge in [-0.2, -0.15) is 10.2 Å². The highest BCUT2D eigenvalue weighted by Gasteiger charge is 2.36. The maximum absolute atomic E-state index is 10.4. The van der Waals surface area contributed by atoms with Crippen LogP contribution in [0.4, 0.5) is 5.82 Å². The Labute approximate surface area is 219 Å². The average Bonchev–Trinajstić information content (AvgIpc) is 3.47. The summed E-state index contributed by atoms with van der Waals surface area (Å²) in [5.41, 5.74) is 4.87. The molecule has 38 heavy (non-hydrogen) atoms. The number of ether oxygens (including phenoxy) is 1. The van der Waals surface area contributed by atoms with Gasteiger partial charge in [-0.05, 0) is 49.6 Å². The minimum atomic E-state index is -0.320. The van der Waals surface area contributed by atoms with E-state index in [-0.39, 0.29) is 11.3 Å². The summed E-state index contributed by atoms with van der Waals surface area (Å²) in [5.74, 6) is 1.28. The predicted molar refractivity (Wildman–Crippen MR) is 144 cm³/mol. The number of fused-ring (bicyclic) bond motifs is 3. The second-order valence-corrected chi connectivity index (χ2v) is 9.87. The van der Waals surface area contributed by atoms with E-state index in [0.717, 1.165) is 16.7 Å². The van der Waals surface area contributed by atoms with E-state index in [9.17, 15) is 10.4 Å².